The van der Waals surface area contributed by atoms with Crippen LogP contribution < -0.4 is 10.2 Å². The van der Waals surface area contributed by atoms with Gasteiger partial charge in [-0.15, -0.1) is 10.2 Å². The third-order valence-electron chi connectivity index (χ3n) is 6.21. The largest absolute Gasteiger partial charge is 0.353 e. The van der Waals surface area contributed by atoms with E-state index in [9.17, 15) is 9.59 Å². The second-order valence-corrected chi connectivity index (χ2v) is 10.6. The maximum atomic E-state index is 13.1. The molecular weight excluding hydrogens is 442 g/mol. The molecule has 2 amide bonds. The van der Waals surface area contributed by atoms with Gasteiger partial charge in [-0.2, -0.15) is 0 Å². The second-order valence-electron chi connectivity index (χ2n) is 8.37. The number of aromatic nitrogens is 2. The third-order valence-corrected chi connectivity index (χ3v) is 8.33. The van der Waals surface area contributed by atoms with E-state index < -0.39 is 0 Å². The topological polar surface area (TPSA) is 78.4 Å². The molecule has 32 heavy (non-hydrogen) atoms. The summed E-state index contributed by atoms with van der Waals surface area (Å²) in [4.78, 5) is 29.4. The summed E-state index contributed by atoms with van der Waals surface area (Å²) in [5.74, 6) is 0.586. The summed E-state index contributed by atoms with van der Waals surface area (Å²) in [5, 5.41) is 12.6. The molecule has 1 saturated carbocycles. The van der Waals surface area contributed by atoms with Crippen LogP contribution in [0.3, 0.4) is 0 Å². The average Bonchev–Trinajstić information content (AvgIpc) is 3.51. The zero-order valence-electron chi connectivity index (χ0n) is 18.5. The lowest BCUT2D eigenvalue weighted by Gasteiger charge is -2.36. The van der Waals surface area contributed by atoms with Crippen molar-refractivity contribution in [2.45, 2.75) is 55.3 Å². The Balaban J connectivity index is 1.25. The van der Waals surface area contributed by atoms with E-state index in [1.54, 1.807) is 0 Å². The molecule has 2 aromatic rings. The van der Waals surface area contributed by atoms with Crippen molar-refractivity contribution in [3.05, 3.63) is 35.9 Å². The Morgan fingerprint density at radius 1 is 1.12 bits per heavy atom. The minimum atomic E-state index is -0.0809. The van der Waals surface area contributed by atoms with Crippen LogP contribution >= 0.6 is 23.1 Å². The van der Waals surface area contributed by atoms with Gasteiger partial charge in [-0.3, -0.25) is 9.59 Å². The standard InChI is InChI=1S/C23H31N5O2S2/c1-2-19(17-8-4-3-5-9-17)21(30)27-12-14-28(15-13-27)22-25-26-23(32-22)31-16-20(29)24-18-10-6-7-11-18/h3-5,8-9,18-19H,2,6-7,10-16H2,1H3,(H,24,29). The van der Waals surface area contributed by atoms with Gasteiger partial charge in [0.05, 0.1) is 11.7 Å². The highest BCUT2D eigenvalue weighted by Gasteiger charge is 2.28. The normalized spacial score (nSPS) is 18.0. The van der Waals surface area contributed by atoms with Gasteiger partial charge in [0.25, 0.3) is 0 Å². The summed E-state index contributed by atoms with van der Waals surface area (Å²) >= 11 is 2.97. The first kappa shape index (κ1) is 23.0. The monoisotopic (exact) mass is 473 g/mol. The zero-order chi connectivity index (χ0) is 22.3. The third kappa shape index (κ3) is 5.81. The summed E-state index contributed by atoms with van der Waals surface area (Å²) in [6, 6.07) is 10.4. The number of carbonyl (C=O) groups is 2. The molecule has 0 spiro atoms. The molecule has 1 N–H and O–H groups in total. The minimum Gasteiger partial charge on any atom is -0.353 e. The van der Waals surface area contributed by atoms with Gasteiger partial charge in [0.1, 0.15) is 0 Å². The van der Waals surface area contributed by atoms with E-state index >= 15 is 0 Å². The van der Waals surface area contributed by atoms with Crippen molar-refractivity contribution in [3.8, 4) is 0 Å². The number of nitrogens with zero attached hydrogens (tertiary/aromatic N) is 4. The Hall–Kier alpha value is -2.13. The molecule has 0 bridgehead atoms. The van der Waals surface area contributed by atoms with E-state index in [0.29, 0.717) is 24.9 Å². The quantitative estimate of drug-likeness (QED) is 0.591. The van der Waals surface area contributed by atoms with Gasteiger partial charge < -0.3 is 15.1 Å². The van der Waals surface area contributed by atoms with E-state index in [1.807, 2.05) is 35.2 Å². The molecule has 1 unspecified atom stereocenters. The first-order chi connectivity index (χ1) is 15.6. The van der Waals surface area contributed by atoms with Crippen molar-refractivity contribution in [2.75, 3.05) is 36.8 Å². The van der Waals surface area contributed by atoms with Crippen LogP contribution in [0.15, 0.2) is 34.7 Å². The molecule has 1 aliphatic heterocycles. The number of benzene rings is 1. The first-order valence-electron chi connectivity index (χ1n) is 11.5. The Morgan fingerprint density at radius 3 is 2.53 bits per heavy atom. The lowest BCUT2D eigenvalue weighted by molar-refractivity contribution is -0.133. The van der Waals surface area contributed by atoms with Crippen LogP contribution in [-0.2, 0) is 9.59 Å². The first-order valence-corrected chi connectivity index (χ1v) is 13.3. The van der Waals surface area contributed by atoms with Gasteiger partial charge in [0.15, 0.2) is 4.34 Å². The molecule has 1 aliphatic carbocycles. The van der Waals surface area contributed by atoms with Crippen molar-refractivity contribution in [2.24, 2.45) is 0 Å². The summed E-state index contributed by atoms with van der Waals surface area (Å²) in [6.07, 6.45) is 5.41. The molecule has 1 aromatic heterocycles. The number of carbonyl (C=O) groups excluding carboxylic acids is 2. The van der Waals surface area contributed by atoms with E-state index in [0.717, 1.165) is 47.4 Å². The second kappa shape index (κ2) is 11.1. The summed E-state index contributed by atoms with van der Waals surface area (Å²) < 4.78 is 0.815. The fourth-order valence-corrected chi connectivity index (χ4v) is 6.14. The molecule has 7 nitrogen and oxygen atoms in total. The maximum absolute atomic E-state index is 13.1. The van der Waals surface area contributed by atoms with Crippen molar-refractivity contribution < 1.29 is 9.59 Å². The van der Waals surface area contributed by atoms with E-state index in [-0.39, 0.29) is 17.7 Å². The molecular formula is C23H31N5O2S2. The van der Waals surface area contributed by atoms with Gasteiger partial charge >= 0.3 is 0 Å². The number of anilines is 1. The van der Waals surface area contributed by atoms with E-state index in [2.05, 4.69) is 27.3 Å². The van der Waals surface area contributed by atoms with Crippen LogP contribution in [0.2, 0.25) is 0 Å². The van der Waals surface area contributed by atoms with Crippen molar-refractivity contribution in [3.63, 3.8) is 0 Å². The predicted molar refractivity (Wildman–Crippen MR) is 129 cm³/mol. The summed E-state index contributed by atoms with van der Waals surface area (Å²) in [6.45, 7) is 4.94. The van der Waals surface area contributed by atoms with Gasteiger partial charge in [-0.05, 0) is 24.8 Å². The van der Waals surface area contributed by atoms with Crippen LogP contribution in [-0.4, -0.2) is 64.9 Å². The van der Waals surface area contributed by atoms with Crippen LogP contribution in [0.4, 0.5) is 5.13 Å². The highest BCUT2D eigenvalue weighted by molar-refractivity contribution is 8.01. The zero-order valence-corrected chi connectivity index (χ0v) is 20.2. The fourth-order valence-electron chi connectivity index (χ4n) is 4.43. The molecule has 0 radical (unpaired) electrons. The fraction of sp³-hybridized carbons (Fsp3) is 0.565. The molecule has 2 fully saturated rings. The van der Waals surface area contributed by atoms with Crippen molar-refractivity contribution in [1.29, 1.82) is 0 Å². The maximum Gasteiger partial charge on any atom is 0.230 e. The van der Waals surface area contributed by atoms with Crippen molar-refractivity contribution in [1.82, 2.24) is 20.4 Å². The van der Waals surface area contributed by atoms with Gasteiger partial charge in [0, 0.05) is 32.2 Å². The molecule has 2 aliphatic rings. The number of amides is 2. The Labute approximate surface area is 198 Å². The number of hydrogen-bond donors (Lipinski definition) is 1. The molecule has 4 rings (SSSR count). The minimum absolute atomic E-state index is 0.0784. The Kier molecular flexibility index (Phi) is 8.02. The number of hydrogen-bond acceptors (Lipinski definition) is 7. The van der Waals surface area contributed by atoms with Gasteiger partial charge in [0.2, 0.25) is 16.9 Å². The van der Waals surface area contributed by atoms with E-state index in [4.69, 9.17) is 0 Å². The smallest absolute Gasteiger partial charge is 0.230 e. The lowest BCUT2D eigenvalue weighted by Crippen LogP contribution is -2.50. The SMILES string of the molecule is CCC(C(=O)N1CCN(c2nnc(SCC(=O)NC3CCCC3)s2)CC1)c1ccccc1. The Morgan fingerprint density at radius 2 is 1.84 bits per heavy atom. The van der Waals surface area contributed by atoms with Crippen molar-refractivity contribution >= 4 is 40.0 Å². The lowest BCUT2D eigenvalue weighted by atomic mass is 9.95. The summed E-state index contributed by atoms with van der Waals surface area (Å²) in [7, 11) is 0. The van der Waals surface area contributed by atoms with Crippen LogP contribution in [0.5, 0.6) is 0 Å². The molecule has 9 heteroatoms. The van der Waals surface area contributed by atoms with E-state index in [1.165, 1.54) is 35.9 Å². The van der Waals surface area contributed by atoms with Crippen LogP contribution in [0.1, 0.15) is 50.5 Å². The molecule has 1 saturated heterocycles. The number of rotatable bonds is 8. The van der Waals surface area contributed by atoms with Gasteiger partial charge in [-0.25, -0.2) is 0 Å². The predicted octanol–water partition coefficient (Wildman–Crippen LogP) is 3.53. The highest BCUT2D eigenvalue weighted by Crippen LogP contribution is 2.29. The number of nitrogens with one attached hydrogen (secondary N) is 1. The Bertz CT molecular complexity index is 893. The van der Waals surface area contributed by atoms with Crippen LogP contribution in [0, 0.1) is 0 Å². The molecule has 2 heterocycles. The molecule has 172 valence electrons. The summed E-state index contributed by atoms with van der Waals surface area (Å²) in [5.41, 5.74) is 1.09. The van der Waals surface area contributed by atoms with Crippen LogP contribution in [0.25, 0.3) is 0 Å². The molecule has 1 atom stereocenters. The van der Waals surface area contributed by atoms with Gasteiger partial charge in [-0.1, -0.05) is 73.2 Å². The highest BCUT2D eigenvalue weighted by atomic mass is 32.2. The average molecular weight is 474 g/mol. The number of piperazine rings is 1. The number of thioether (sulfide) groups is 1. The molecule has 1 aromatic carbocycles.